The molecule has 0 spiro atoms. The highest BCUT2D eigenvalue weighted by atomic mass is 16.5. The predicted octanol–water partition coefficient (Wildman–Crippen LogP) is 1.10. The lowest BCUT2D eigenvalue weighted by Crippen LogP contribution is -2.50. The molecule has 1 atom stereocenters. The van der Waals surface area contributed by atoms with E-state index in [1.165, 1.54) is 0 Å². The molecule has 0 aromatic rings. The zero-order valence-corrected chi connectivity index (χ0v) is 9.19. The number of aliphatic carboxylic acids is 1. The average Bonchev–Trinajstić information content (AvgIpc) is 2.50. The second-order valence-electron chi connectivity index (χ2n) is 4.61. The minimum absolute atomic E-state index is 0.269. The van der Waals surface area contributed by atoms with E-state index in [9.17, 15) is 4.79 Å². The second kappa shape index (κ2) is 4.49. The Balaban J connectivity index is 1.83. The Bertz CT molecular complexity index is 238. The van der Waals surface area contributed by atoms with Gasteiger partial charge in [0.2, 0.25) is 0 Å². The fourth-order valence-corrected chi connectivity index (χ4v) is 2.76. The summed E-state index contributed by atoms with van der Waals surface area (Å²) in [6.45, 7) is 1.07. The predicted molar refractivity (Wildman–Crippen MR) is 55.8 cm³/mol. The Labute approximate surface area is 90.2 Å². The Hall–Kier alpha value is -0.610. The van der Waals surface area contributed by atoms with Gasteiger partial charge in [-0.15, -0.1) is 0 Å². The van der Waals surface area contributed by atoms with E-state index in [2.05, 4.69) is 4.90 Å². The zero-order valence-electron chi connectivity index (χ0n) is 9.19. The van der Waals surface area contributed by atoms with Gasteiger partial charge in [0.1, 0.15) is 0 Å². The highest BCUT2D eigenvalue weighted by Crippen LogP contribution is 2.34. The number of carboxylic acids is 1. The first-order valence-electron chi connectivity index (χ1n) is 5.71. The molecule has 4 nitrogen and oxygen atoms in total. The second-order valence-corrected chi connectivity index (χ2v) is 4.61. The van der Waals surface area contributed by atoms with E-state index in [1.54, 1.807) is 7.11 Å². The van der Waals surface area contributed by atoms with Crippen molar-refractivity contribution in [2.24, 2.45) is 0 Å². The maximum atomic E-state index is 10.7. The summed E-state index contributed by atoms with van der Waals surface area (Å²) in [7, 11) is 1.75. The summed E-state index contributed by atoms with van der Waals surface area (Å²) in [5.74, 6) is -0.672. The van der Waals surface area contributed by atoms with E-state index in [-0.39, 0.29) is 6.04 Å². The zero-order chi connectivity index (χ0) is 10.8. The van der Waals surface area contributed by atoms with Crippen molar-refractivity contribution in [2.75, 3.05) is 13.7 Å². The molecule has 2 fully saturated rings. The lowest BCUT2D eigenvalue weighted by molar-refractivity contribution is -0.138. The molecule has 4 heteroatoms. The van der Waals surface area contributed by atoms with E-state index in [0.717, 1.165) is 32.2 Å². The first-order chi connectivity index (χ1) is 7.20. The van der Waals surface area contributed by atoms with Crippen LogP contribution in [0.3, 0.4) is 0 Å². The van der Waals surface area contributed by atoms with Crippen LogP contribution in [0.15, 0.2) is 0 Å². The summed E-state index contributed by atoms with van der Waals surface area (Å²) in [5, 5.41) is 8.81. The summed E-state index contributed by atoms with van der Waals surface area (Å²) < 4.78 is 5.25. The third-order valence-electron chi connectivity index (χ3n) is 3.71. The molecule has 15 heavy (non-hydrogen) atoms. The van der Waals surface area contributed by atoms with Crippen molar-refractivity contribution < 1.29 is 14.6 Å². The third-order valence-corrected chi connectivity index (χ3v) is 3.71. The molecule has 1 saturated heterocycles. The van der Waals surface area contributed by atoms with E-state index in [0.29, 0.717) is 18.6 Å². The summed E-state index contributed by atoms with van der Waals surface area (Å²) in [5.41, 5.74) is 0. The molecule has 1 aliphatic carbocycles. The Kier molecular flexibility index (Phi) is 3.26. The smallest absolute Gasteiger partial charge is 0.304 e. The van der Waals surface area contributed by atoms with Gasteiger partial charge in [0.05, 0.1) is 12.5 Å². The number of carboxylic acid groups (broad SMARTS) is 1. The maximum absolute atomic E-state index is 10.7. The van der Waals surface area contributed by atoms with Crippen LogP contribution in [0.5, 0.6) is 0 Å². The monoisotopic (exact) mass is 213 g/mol. The van der Waals surface area contributed by atoms with Gasteiger partial charge in [0, 0.05) is 19.2 Å². The quantitative estimate of drug-likeness (QED) is 0.760. The van der Waals surface area contributed by atoms with Crippen molar-refractivity contribution in [3.8, 4) is 0 Å². The van der Waals surface area contributed by atoms with Crippen LogP contribution >= 0.6 is 0 Å². The molecular weight excluding hydrogens is 194 g/mol. The van der Waals surface area contributed by atoms with Crippen molar-refractivity contribution in [3.05, 3.63) is 0 Å². The molecule has 2 rings (SSSR count). The topological polar surface area (TPSA) is 49.8 Å². The van der Waals surface area contributed by atoms with Crippen molar-refractivity contribution in [1.82, 2.24) is 4.90 Å². The highest BCUT2D eigenvalue weighted by Gasteiger charge is 2.39. The minimum atomic E-state index is -0.672. The van der Waals surface area contributed by atoms with E-state index in [1.807, 2.05) is 0 Å². The molecule has 0 bridgehead atoms. The Morgan fingerprint density at radius 3 is 2.87 bits per heavy atom. The van der Waals surface area contributed by atoms with Crippen LogP contribution in [0.25, 0.3) is 0 Å². The van der Waals surface area contributed by atoms with Gasteiger partial charge in [-0.1, -0.05) is 0 Å². The van der Waals surface area contributed by atoms with Crippen molar-refractivity contribution in [1.29, 1.82) is 0 Å². The first-order valence-corrected chi connectivity index (χ1v) is 5.71. The molecule has 0 radical (unpaired) electrons. The van der Waals surface area contributed by atoms with Gasteiger partial charge in [0.15, 0.2) is 0 Å². The highest BCUT2D eigenvalue weighted by molar-refractivity contribution is 5.67. The fraction of sp³-hybridized carbons (Fsp3) is 0.909. The number of rotatable bonds is 4. The number of ether oxygens (including phenoxy) is 1. The molecule has 0 amide bonds. The fourth-order valence-electron chi connectivity index (χ4n) is 2.76. The van der Waals surface area contributed by atoms with Gasteiger partial charge in [-0.05, 0) is 32.2 Å². The molecule has 1 heterocycles. The molecule has 1 aliphatic heterocycles. The van der Waals surface area contributed by atoms with Crippen LogP contribution in [-0.4, -0.2) is 47.8 Å². The van der Waals surface area contributed by atoms with Gasteiger partial charge < -0.3 is 9.84 Å². The minimum Gasteiger partial charge on any atom is -0.481 e. The van der Waals surface area contributed by atoms with E-state index < -0.39 is 5.97 Å². The van der Waals surface area contributed by atoms with Crippen LogP contribution in [-0.2, 0) is 9.53 Å². The average molecular weight is 213 g/mol. The molecule has 1 saturated carbocycles. The van der Waals surface area contributed by atoms with Crippen molar-refractivity contribution >= 4 is 5.97 Å². The molecule has 1 unspecified atom stereocenters. The van der Waals surface area contributed by atoms with Gasteiger partial charge >= 0.3 is 5.97 Å². The molecule has 0 aromatic carbocycles. The standard InChI is InChI=1S/C11H19NO3/c1-15-10-5-9(6-10)12-4-2-3-8(12)7-11(13)14/h8-10H,2-7H2,1H3,(H,13,14). The largest absolute Gasteiger partial charge is 0.481 e. The SMILES string of the molecule is COC1CC(N2CCCC2CC(=O)O)C1. The van der Waals surface area contributed by atoms with E-state index >= 15 is 0 Å². The Morgan fingerprint density at radius 1 is 1.53 bits per heavy atom. The first kappa shape index (κ1) is 10.9. The number of likely N-dealkylation sites (tertiary alicyclic amines) is 1. The van der Waals surface area contributed by atoms with Crippen LogP contribution in [0, 0.1) is 0 Å². The van der Waals surface area contributed by atoms with E-state index in [4.69, 9.17) is 9.84 Å². The summed E-state index contributed by atoms with van der Waals surface area (Å²) in [6, 6.07) is 0.840. The number of methoxy groups -OCH3 is 1. The number of hydrogen-bond donors (Lipinski definition) is 1. The lowest BCUT2D eigenvalue weighted by atomic mass is 9.87. The van der Waals surface area contributed by atoms with Crippen molar-refractivity contribution in [2.45, 2.75) is 50.3 Å². The maximum Gasteiger partial charge on any atom is 0.304 e. The molecular formula is C11H19NO3. The van der Waals surface area contributed by atoms with Gasteiger partial charge in [-0.25, -0.2) is 0 Å². The lowest BCUT2D eigenvalue weighted by Gasteiger charge is -2.42. The third kappa shape index (κ3) is 2.32. The summed E-state index contributed by atoms with van der Waals surface area (Å²) >= 11 is 0. The van der Waals surface area contributed by atoms with Crippen LogP contribution < -0.4 is 0 Å². The van der Waals surface area contributed by atoms with Crippen LogP contribution in [0.2, 0.25) is 0 Å². The molecule has 86 valence electrons. The van der Waals surface area contributed by atoms with Crippen LogP contribution in [0.4, 0.5) is 0 Å². The van der Waals surface area contributed by atoms with Gasteiger partial charge in [0.25, 0.3) is 0 Å². The van der Waals surface area contributed by atoms with Gasteiger partial charge in [-0.2, -0.15) is 0 Å². The summed E-state index contributed by atoms with van der Waals surface area (Å²) in [6.07, 6.45) is 5.04. The molecule has 1 N–H and O–H groups in total. The number of nitrogens with zero attached hydrogens (tertiary/aromatic N) is 1. The summed E-state index contributed by atoms with van der Waals surface area (Å²) in [4.78, 5) is 13.1. The van der Waals surface area contributed by atoms with Crippen LogP contribution in [0.1, 0.15) is 32.1 Å². The molecule has 2 aliphatic rings. The number of hydrogen-bond acceptors (Lipinski definition) is 3. The number of carbonyl (C=O) groups is 1. The van der Waals surface area contributed by atoms with Crippen molar-refractivity contribution in [3.63, 3.8) is 0 Å². The molecule has 0 aromatic heterocycles. The Morgan fingerprint density at radius 2 is 2.27 bits per heavy atom. The normalized spacial score (nSPS) is 36.5. The van der Waals surface area contributed by atoms with Gasteiger partial charge in [-0.3, -0.25) is 9.69 Å².